The van der Waals surface area contributed by atoms with E-state index in [-0.39, 0.29) is 17.5 Å². The minimum Gasteiger partial charge on any atom is -0.487 e. The van der Waals surface area contributed by atoms with Crippen LogP contribution in [-0.2, 0) is 6.61 Å². The number of hydrogen-bond acceptors (Lipinski definition) is 5. The van der Waals surface area contributed by atoms with E-state index in [4.69, 9.17) is 27.9 Å². The minimum absolute atomic E-state index is 0.0763. The number of aromatic nitrogens is 2. The van der Waals surface area contributed by atoms with E-state index in [1.54, 1.807) is 31.3 Å². The maximum Gasteiger partial charge on any atom is 0.259 e. The van der Waals surface area contributed by atoms with Crippen LogP contribution in [0.25, 0.3) is 10.9 Å². The Hall–Kier alpha value is -3.61. The van der Waals surface area contributed by atoms with Crippen LogP contribution in [0.1, 0.15) is 28.5 Å². The van der Waals surface area contributed by atoms with Crippen molar-refractivity contribution < 1.29 is 9.53 Å². The van der Waals surface area contributed by atoms with Crippen molar-refractivity contribution in [1.82, 2.24) is 9.97 Å². The average Bonchev–Trinajstić information content (AvgIpc) is 2.87. The number of hydrogen-bond donors (Lipinski definition) is 1. The second-order valence-corrected chi connectivity index (χ2v) is 8.63. The molecule has 0 saturated carbocycles. The highest BCUT2D eigenvalue weighted by molar-refractivity contribution is 6.37. The Bertz CT molecular complexity index is 1410. The van der Waals surface area contributed by atoms with Gasteiger partial charge in [0.05, 0.1) is 10.0 Å². The van der Waals surface area contributed by atoms with Gasteiger partial charge in [-0.1, -0.05) is 59.6 Å². The molecule has 1 amide bonds. The molecule has 0 aliphatic rings. The van der Waals surface area contributed by atoms with Crippen molar-refractivity contribution in [1.29, 1.82) is 0 Å². The second-order valence-electron chi connectivity index (χ2n) is 7.85. The molecule has 0 radical (unpaired) electrons. The van der Waals surface area contributed by atoms with Crippen molar-refractivity contribution in [2.75, 3.05) is 17.3 Å². The molecule has 0 aliphatic heterocycles. The maximum absolute atomic E-state index is 12.9. The summed E-state index contributed by atoms with van der Waals surface area (Å²) in [7, 11) is 1.62. The van der Waals surface area contributed by atoms with Crippen molar-refractivity contribution >= 4 is 51.5 Å². The summed E-state index contributed by atoms with van der Waals surface area (Å²) in [5, 5.41) is 4.80. The maximum atomic E-state index is 12.9. The molecule has 0 fully saturated rings. The summed E-state index contributed by atoms with van der Waals surface area (Å²) in [5.41, 5.74) is 3.56. The molecule has 4 rings (SSSR count). The first-order chi connectivity index (χ1) is 16.9. The van der Waals surface area contributed by atoms with Crippen LogP contribution in [0.3, 0.4) is 0 Å². The second kappa shape index (κ2) is 10.8. The van der Waals surface area contributed by atoms with Gasteiger partial charge in [0.15, 0.2) is 5.82 Å². The predicted octanol–water partition coefficient (Wildman–Crippen LogP) is 7.05. The highest BCUT2D eigenvalue weighted by Gasteiger charge is 2.21. The molecule has 35 heavy (non-hydrogen) atoms. The molecule has 0 aliphatic carbocycles. The lowest BCUT2D eigenvalue weighted by molar-refractivity contribution is 0.0992. The third kappa shape index (κ3) is 5.24. The fourth-order valence-electron chi connectivity index (χ4n) is 3.64. The largest absolute Gasteiger partial charge is 0.487 e. The molecule has 178 valence electrons. The number of benzene rings is 2. The summed E-state index contributed by atoms with van der Waals surface area (Å²) in [6, 6.07) is 16.6. The SMILES string of the molecule is C/C=C\Nc1cc(C)nc2c(OCc3c(Cl)cnc(N(C)C(=O)c4ccccc4)c3Cl)cccc12. The average molecular weight is 507 g/mol. The first-order valence-corrected chi connectivity index (χ1v) is 11.7. The molecule has 0 bridgehead atoms. The van der Waals surface area contributed by atoms with Gasteiger partial charge in [0.1, 0.15) is 17.9 Å². The molecule has 0 unspecified atom stereocenters. The van der Waals surface area contributed by atoms with E-state index in [1.807, 2.05) is 56.5 Å². The highest BCUT2D eigenvalue weighted by Crippen LogP contribution is 2.35. The van der Waals surface area contributed by atoms with Crippen LogP contribution in [0.4, 0.5) is 11.5 Å². The van der Waals surface area contributed by atoms with Gasteiger partial charge < -0.3 is 10.1 Å². The van der Waals surface area contributed by atoms with E-state index >= 15 is 0 Å². The van der Waals surface area contributed by atoms with Crippen LogP contribution >= 0.6 is 23.2 Å². The number of ether oxygens (including phenoxy) is 1. The number of anilines is 2. The van der Waals surface area contributed by atoms with Crippen LogP contribution in [0.15, 0.2) is 73.1 Å². The number of halogens is 2. The molecule has 1 N–H and O–H groups in total. The molecule has 4 aromatic rings. The summed E-state index contributed by atoms with van der Waals surface area (Å²) in [6.07, 6.45) is 5.26. The Morgan fingerprint density at radius 3 is 2.66 bits per heavy atom. The van der Waals surface area contributed by atoms with Gasteiger partial charge in [-0.15, -0.1) is 0 Å². The number of para-hydroxylation sites is 1. The molecule has 0 spiro atoms. The summed E-state index contributed by atoms with van der Waals surface area (Å²) >= 11 is 13.1. The van der Waals surface area contributed by atoms with Crippen molar-refractivity contribution in [3.8, 4) is 5.75 Å². The first-order valence-electron chi connectivity index (χ1n) is 11.0. The summed E-state index contributed by atoms with van der Waals surface area (Å²) in [6.45, 7) is 3.95. The molecule has 8 heteroatoms. The van der Waals surface area contributed by atoms with Gasteiger partial charge in [-0.3, -0.25) is 9.69 Å². The van der Waals surface area contributed by atoms with Crippen molar-refractivity contribution in [2.45, 2.75) is 20.5 Å². The molecular formula is C27H24Cl2N4O2. The van der Waals surface area contributed by atoms with Gasteiger partial charge >= 0.3 is 0 Å². The first kappa shape index (κ1) is 24.5. The van der Waals surface area contributed by atoms with E-state index in [9.17, 15) is 4.79 Å². The zero-order valence-electron chi connectivity index (χ0n) is 19.5. The topological polar surface area (TPSA) is 67.4 Å². The highest BCUT2D eigenvalue weighted by atomic mass is 35.5. The Balaban J connectivity index is 1.64. The number of allylic oxidation sites excluding steroid dienone is 1. The van der Waals surface area contributed by atoms with Crippen LogP contribution in [0.2, 0.25) is 10.0 Å². The van der Waals surface area contributed by atoms with Crippen molar-refractivity contribution in [3.05, 3.63) is 99.9 Å². The van der Waals surface area contributed by atoms with Crippen LogP contribution in [0.5, 0.6) is 5.75 Å². The van der Waals surface area contributed by atoms with Gasteiger partial charge in [0.2, 0.25) is 0 Å². The fourth-order valence-corrected chi connectivity index (χ4v) is 4.22. The van der Waals surface area contributed by atoms with Gasteiger partial charge in [0.25, 0.3) is 5.91 Å². The Morgan fingerprint density at radius 1 is 1.14 bits per heavy atom. The molecule has 0 saturated heterocycles. The number of amides is 1. The number of nitrogens with one attached hydrogen (secondary N) is 1. The Labute approximate surface area is 214 Å². The van der Waals surface area contributed by atoms with Gasteiger partial charge in [0, 0.05) is 41.1 Å². The molecule has 2 aromatic heterocycles. The molecule has 0 atom stereocenters. The van der Waals surface area contributed by atoms with Crippen LogP contribution < -0.4 is 15.0 Å². The zero-order valence-corrected chi connectivity index (χ0v) is 21.1. The Kier molecular flexibility index (Phi) is 7.54. The third-order valence-electron chi connectivity index (χ3n) is 5.40. The van der Waals surface area contributed by atoms with Gasteiger partial charge in [-0.05, 0) is 44.3 Å². The zero-order chi connectivity index (χ0) is 24.9. The van der Waals surface area contributed by atoms with Gasteiger partial charge in [-0.2, -0.15) is 0 Å². The monoisotopic (exact) mass is 506 g/mol. The van der Waals surface area contributed by atoms with E-state index < -0.39 is 0 Å². The molecular weight excluding hydrogens is 483 g/mol. The number of fused-ring (bicyclic) bond motifs is 1. The predicted molar refractivity (Wildman–Crippen MR) is 143 cm³/mol. The van der Waals surface area contributed by atoms with Crippen LogP contribution in [-0.4, -0.2) is 22.9 Å². The normalized spacial score (nSPS) is 11.1. The van der Waals surface area contributed by atoms with E-state index in [2.05, 4.69) is 15.3 Å². The minimum atomic E-state index is -0.232. The van der Waals surface area contributed by atoms with Gasteiger partial charge in [-0.25, -0.2) is 9.97 Å². The fraction of sp³-hybridized carbons (Fsp3) is 0.148. The number of rotatable bonds is 7. The third-order valence-corrected chi connectivity index (χ3v) is 6.12. The van der Waals surface area contributed by atoms with Crippen molar-refractivity contribution in [2.24, 2.45) is 0 Å². The summed E-state index contributed by atoms with van der Waals surface area (Å²) in [5.74, 6) is 0.659. The van der Waals surface area contributed by atoms with Crippen LogP contribution in [0, 0.1) is 6.92 Å². The molecule has 2 aromatic carbocycles. The molecule has 2 heterocycles. The lowest BCUT2D eigenvalue weighted by atomic mass is 10.1. The number of pyridine rings is 2. The lowest BCUT2D eigenvalue weighted by Crippen LogP contribution is -2.27. The number of carbonyl (C=O) groups excluding carboxylic acids is 1. The molecule has 6 nitrogen and oxygen atoms in total. The number of aryl methyl sites for hydroxylation is 1. The summed E-state index contributed by atoms with van der Waals surface area (Å²) in [4.78, 5) is 23.3. The summed E-state index contributed by atoms with van der Waals surface area (Å²) < 4.78 is 6.15. The van der Waals surface area contributed by atoms with E-state index in [0.29, 0.717) is 27.7 Å². The number of carbonyl (C=O) groups is 1. The number of nitrogens with zero attached hydrogens (tertiary/aromatic N) is 3. The lowest BCUT2D eigenvalue weighted by Gasteiger charge is -2.20. The van der Waals surface area contributed by atoms with E-state index in [1.165, 1.54) is 11.1 Å². The standard InChI is InChI=1S/C27H24Cl2N4O2/c1-4-13-30-22-14-17(2)32-25-19(22)11-8-12-23(25)35-16-20-21(28)15-31-26(24(20)29)33(3)27(34)18-9-6-5-7-10-18/h4-15H,16H2,1-3H3,(H,30,32)/b13-4-. The van der Waals surface area contributed by atoms with Crippen molar-refractivity contribution in [3.63, 3.8) is 0 Å². The van der Waals surface area contributed by atoms with E-state index in [0.717, 1.165) is 22.3 Å². The quantitative estimate of drug-likeness (QED) is 0.291. The smallest absolute Gasteiger partial charge is 0.259 e. The Morgan fingerprint density at radius 2 is 1.91 bits per heavy atom.